The van der Waals surface area contributed by atoms with Crippen LogP contribution in [0.3, 0.4) is 0 Å². The third-order valence-electron chi connectivity index (χ3n) is 3.24. The van der Waals surface area contributed by atoms with Crippen LogP contribution in [0.1, 0.15) is 16.8 Å². The fourth-order valence-electron chi connectivity index (χ4n) is 2.20. The maximum absolute atomic E-state index is 9.44. The molecule has 0 radical (unpaired) electrons. The second kappa shape index (κ2) is 4.94. The first kappa shape index (κ1) is 12.6. The van der Waals surface area contributed by atoms with Gasteiger partial charge >= 0.3 is 0 Å². The van der Waals surface area contributed by atoms with Gasteiger partial charge < -0.3 is 9.52 Å². The number of nitrogens with zero attached hydrogens (tertiary/aromatic N) is 3. The van der Waals surface area contributed by atoms with Crippen molar-refractivity contribution in [2.75, 3.05) is 0 Å². The predicted molar refractivity (Wildman–Crippen MR) is 74.5 cm³/mol. The monoisotopic (exact) mass is 269 g/mol. The molecular weight excluding hydrogens is 254 g/mol. The molecule has 5 heteroatoms. The molecule has 1 N–H and O–H groups in total. The third-order valence-corrected chi connectivity index (χ3v) is 3.24. The largest absolute Gasteiger partial charge is 0.463 e. The quantitative estimate of drug-likeness (QED) is 0.794. The van der Waals surface area contributed by atoms with Crippen LogP contribution < -0.4 is 0 Å². The van der Waals surface area contributed by atoms with Crippen molar-refractivity contribution in [2.24, 2.45) is 0 Å². The van der Waals surface area contributed by atoms with E-state index in [1.54, 1.807) is 17.0 Å². The SMILES string of the molecule is Cc1ccc(C)c(-n2nnc(CO)c2-c2ccco2)c1. The lowest BCUT2D eigenvalue weighted by atomic mass is 10.1. The van der Waals surface area contributed by atoms with Crippen molar-refractivity contribution in [3.8, 4) is 17.1 Å². The molecule has 20 heavy (non-hydrogen) atoms. The van der Waals surface area contributed by atoms with E-state index in [0.717, 1.165) is 16.8 Å². The molecule has 2 heterocycles. The minimum absolute atomic E-state index is 0.180. The van der Waals surface area contributed by atoms with Crippen molar-refractivity contribution in [1.29, 1.82) is 0 Å². The van der Waals surface area contributed by atoms with Gasteiger partial charge in [-0.15, -0.1) is 5.10 Å². The Kier molecular flexibility index (Phi) is 3.12. The highest BCUT2D eigenvalue weighted by Gasteiger charge is 2.18. The lowest BCUT2D eigenvalue weighted by molar-refractivity contribution is 0.277. The van der Waals surface area contributed by atoms with Crippen molar-refractivity contribution >= 4 is 0 Å². The zero-order chi connectivity index (χ0) is 14.1. The maximum atomic E-state index is 9.44. The van der Waals surface area contributed by atoms with Gasteiger partial charge in [0.25, 0.3) is 0 Å². The summed E-state index contributed by atoms with van der Waals surface area (Å²) >= 11 is 0. The number of hydrogen-bond acceptors (Lipinski definition) is 4. The van der Waals surface area contributed by atoms with Crippen LogP contribution in [-0.2, 0) is 6.61 Å². The molecule has 0 aliphatic rings. The molecule has 0 saturated carbocycles. The van der Waals surface area contributed by atoms with Gasteiger partial charge in [-0.1, -0.05) is 17.3 Å². The molecule has 2 aromatic heterocycles. The van der Waals surface area contributed by atoms with Gasteiger partial charge in [-0.25, -0.2) is 4.68 Å². The fraction of sp³-hybridized carbons (Fsp3) is 0.200. The van der Waals surface area contributed by atoms with Crippen molar-refractivity contribution in [1.82, 2.24) is 15.0 Å². The number of rotatable bonds is 3. The van der Waals surface area contributed by atoms with Gasteiger partial charge in [0.1, 0.15) is 11.4 Å². The van der Waals surface area contributed by atoms with Crippen molar-refractivity contribution < 1.29 is 9.52 Å². The Labute approximate surface area is 116 Å². The summed E-state index contributed by atoms with van der Waals surface area (Å²) in [5.41, 5.74) is 4.34. The van der Waals surface area contributed by atoms with Crippen LogP contribution in [-0.4, -0.2) is 20.1 Å². The topological polar surface area (TPSA) is 64.1 Å². The van der Waals surface area contributed by atoms with Gasteiger partial charge in [-0.05, 0) is 43.2 Å². The Morgan fingerprint density at radius 1 is 1.25 bits per heavy atom. The van der Waals surface area contributed by atoms with E-state index in [1.807, 2.05) is 32.0 Å². The fourth-order valence-corrected chi connectivity index (χ4v) is 2.20. The highest BCUT2D eigenvalue weighted by atomic mass is 16.3. The summed E-state index contributed by atoms with van der Waals surface area (Å²) in [4.78, 5) is 0. The summed E-state index contributed by atoms with van der Waals surface area (Å²) in [7, 11) is 0. The van der Waals surface area contributed by atoms with Gasteiger partial charge in [-0.2, -0.15) is 0 Å². The Hall–Kier alpha value is -2.40. The highest BCUT2D eigenvalue weighted by Crippen LogP contribution is 2.27. The predicted octanol–water partition coefficient (Wildman–Crippen LogP) is 2.64. The molecule has 0 fully saturated rings. The Morgan fingerprint density at radius 2 is 2.10 bits per heavy atom. The molecule has 0 unspecified atom stereocenters. The van der Waals surface area contributed by atoms with E-state index in [0.29, 0.717) is 17.1 Å². The second-order valence-electron chi connectivity index (χ2n) is 4.72. The van der Waals surface area contributed by atoms with Gasteiger partial charge in [0.2, 0.25) is 0 Å². The number of aromatic nitrogens is 3. The first-order valence-corrected chi connectivity index (χ1v) is 6.37. The minimum atomic E-state index is -0.180. The van der Waals surface area contributed by atoms with Gasteiger partial charge in [0.15, 0.2) is 5.76 Å². The van der Waals surface area contributed by atoms with E-state index < -0.39 is 0 Å². The van der Waals surface area contributed by atoms with Crippen molar-refractivity contribution in [3.63, 3.8) is 0 Å². The Morgan fingerprint density at radius 3 is 2.80 bits per heavy atom. The van der Waals surface area contributed by atoms with Gasteiger partial charge in [0, 0.05) is 0 Å². The standard InChI is InChI=1S/C15H15N3O2/c1-10-5-6-11(2)13(8-10)18-15(12(9-19)16-17-18)14-4-3-7-20-14/h3-8,19H,9H2,1-2H3. The summed E-state index contributed by atoms with van der Waals surface area (Å²) in [6, 6.07) is 9.76. The molecule has 1 aromatic carbocycles. The van der Waals surface area contributed by atoms with Crippen LogP contribution in [0.25, 0.3) is 17.1 Å². The smallest absolute Gasteiger partial charge is 0.154 e. The molecule has 0 aliphatic heterocycles. The number of hydrogen-bond donors (Lipinski definition) is 1. The molecule has 0 atom stereocenters. The minimum Gasteiger partial charge on any atom is -0.463 e. The molecule has 3 aromatic rings. The maximum Gasteiger partial charge on any atom is 0.154 e. The first-order valence-electron chi connectivity index (χ1n) is 6.37. The average molecular weight is 269 g/mol. The molecular formula is C15H15N3O2. The number of benzene rings is 1. The van der Waals surface area contributed by atoms with Crippen LogP contribution in [0.4, 0.5) is 0 Å². The van der Waals surface area contributed by atoms with Crippen molar-refractivity contribution in [3.05, 3.63) is 53.4 Å². The van der Waals surface area contributed by atoms with Crippen LogP contribution >= 0.6 is 0 Å². The average Bonchev–Trinajstić information content (AvgIpc) is 3.08. The number of aliphatic hydroxyl groups excluding tert-OH is 1. The molecule has 0 saturated heterocycles. The van der Waals surface area contributed by atoms with Gasteiger partial charge in [0.05, 0.1) is 18.6 Å². The van der Waals surface area contributed by atoms with E-state index in [-0.39, 0.29) is 6.61 Å². The van der Waals surface area contributed by atoms with Crippen LogP contribution in [0.5, 0.6) is 0 Å². The summed E-state index contributed by atoms with van der Waals surface area (Å²) in [5.74, 6) is 0.639. The number of aryl methyl sites for hydroxylation is 2. The Balaban J connectivity index is 2.25. The van der Waals surface area contributed by atoms with Crippen LogP contribution in [0.2, 0.25) is 0 Å². The molecule has 0 bridgehead atoms. The third kappa shape index (κ3) is 2.02. The first-order chi connectivity index (χ1) is 9.70. The van der Waals surface area contributed by atoms with E-state index in [9.17, 15) is 5.11 Å². The van der Waals surface area contributed by atoms with Crippen LogP contribution in [0, 0.1) is 13.8 Å². The lowest BCUT2D eigenvalue weighted by Crippen LogP contribution is -2.02. The highest BCUT2D eigenvalue weighted by molar-refractivity contribution is 5.60. The summed E-state index contributed by atoms with van der Waals surface area (Å²) < 4.78 is 7.16. The molecule has 0 amide bonds. The van der Waals surface area contributed by atoms with E-state index in [4.69, 9.17) is 4.42 Å². The zero-order valence-electron chi connectivity index (χ0n) is 11.4. The number of aliphatic hydroxyl groups is 1. The lowest BCUT2D eigenvalue weighted by Gasteiger charge is -2.09. The molecule has 0 aliphatic carbocycles. The molecule has 0 spiro atoms. The molecule has 3 rings (SSSR count). The van der Waals surface area contributed by atoms with E-state index in [2.05, 4.69) is 16.4 Å². The summed E-state index contributed by atoms with van der Waals surface area (Å²) in [6.45, 7) is 3.86. The zero-order valence-corrected chi connectivity index (χ0v) is 11.4. The normalized spacial score (nSPS) is 10.9. The second-order valence-corrected chi connectivity index (χ2v) is 4.72. The molecule has 102 valence electrons. The summed E-state index contributed by atoms with van der Waals surface area (Å²) in [5, 5.41) is 17.6. The van der Waals surface area contributed by atoms with Crippen molar-refractivity contribution in [2.45, 2.75) is 20.5 Å². The number of furan rings is 1. The van der Waals surface area contributed by atoms with E-state index >= 15 is 0 Å². The van der Waals surface area contributed by atoms with Gasteiger partial charge in [-0.3, -0.25) is 0 Å². The van der Waals surface area contributed by atoms with E-state index in [1.165, 1.54) is 0 Å². The molecule has 5 nitrogen and oxygen atoms in total. The van der Waals surface area contributed by atoms with Crippen LogP contribution in [0.15, 0.2) is 41.0 Å². The Bertz CT molecular complexity index is 730. The summed E-state index contributed by atoms with van der Waals surface area (Å²) in [6.07, 6.45) is 1.59.